The predicted octanol–water partition coefficient (Wildman–Crippen LogP) is 3.02. The minimum Gasteiger partial charge on any atom is -0.429 e. The molecule has 27 heavy (non-hydrogen) atoms. The Balaban J connectivity index is 1.78. The second kappa shape index (κ2) is 7.45. The van der Waals surface area contributed by atoms with Gasteiger partial charge in [0.2, 0.25) is 20.1 Å². The van der Waals surface area contributed by atoms with Crippen LogP contribution in [0.3, 0.4) is 0 Å². The smallest absolute Gasteiger partial charge is 0.300 e. The molecule has 0 saturated carbocycles. The molecule has 0 bridgehead atoms. The number of nitrogens with two attached hydrogens (primary N) is 1. The van der Waals surface area contributed by atoms with E-state index in [0.717, 1.165) is 22.5 Å². The normalized spacial score (nSPS) is 11.3. The molecule has 0 saturated heterocycles. The zero-order valence-corrected chi connectivity index (χ0v) is 16.3. The number of sulfone groups is 1. The van der Waals surface area contributed by atoms with Gasteiger partial charge in [0.1, 0.15) is 5.75 Å². The van der Waals surface area contributed by atoms with Gasteiger partial charge < -0.3 is 10.5 Å². The van der Waals surface area contributed by atoms with Crippen LogP contribution in [0.1, 0.15) is 27.0 Å². The fourth-order valence-electron chi connectivity index (χ4n) is 2.32. The minimum absolute atomic E-state index is 0.123. The molecule has 2 aromatic carbocycles. The van der Waals surface area contributed by atoms with E-state index in [4.69, 9.17) is 10.5 Å². The van der Waals surface area contributed by atoms with Crippen LogP contribution < -0.4 is 10.5 Å². The van der Waals surface area contributed by atoms with Gasteiger partial charge in [0, 0.05) is 5.56 Å². The van der Waals surface area contributed by atoms with Crippen molar-refractivity contribution in [1.29, 1.82) is 0 Å². The molecule has 3 rings (SSSR count). The molecule has 0 spiro atoms. The molecule has 0 radical (unpaired) electrons. The largest absolute Gasteiger partial charge is 0.429 e. The van der Waals surface area contributed by atoms with Gasteiger partial charge in [-0.05, 0) is 60.1 Å². The lowest BCUT2D eigenvalue weighted by Crippen LogP contribution is -2.11. The van der Waals surface area contributed by atoms with E-state index in [1.807, 2.05) is 32.0 Å². The molecular weight excluding hydrogens is 386 g/mol. The highest BCUT2D eigenvalue weighted by molar-refractivity contribution is 7.92. The second-order valence-corrected chi connectivity index (χ2v) is 9.13. The van der Waals surface area contributed by atoms with Crippen LogP contribution in [-0.4, -0.2) is 24.5 Å². The number of carbonyl (C=O) groups excluding carboxylic acids is 1. The van der Waals surface area contributed by atoms with Gasteiger partial charge in [-0.1, -0.05) is 29.4 Å². The van der Waals surface area contributed by atoms with Gasteiger partial charge in [0.05, 0.1) is 5.75 Å². The van der Waals surface area contributed by atoms with Gasteiger partial charge in [-0.15, -0.1) is 5.10 Å². The average Bonchev–Trinajstić information content (AvgIpc) is 3.08. The first-order valence-corrected chi connectivity index (χ1v) is 10.4. The fraction of sp³-hybridized carbons (Fsp3) is 0.167. The SMILES string of the molecule is Cc1ccc(C)c(Oc2nnc(S(=O)(=O)Cc3ccc(C(N)=O)cc3)s2)c1. The molecule has 0 aliphatic rings. The molecule has 1 heterocycles. The number of hydrogen-bond donors (Lipinski definition) is 1. The molecule has 9 heteroatoms. The predicted molar refractivity (Wildman–Crippen MR) is 102 cm³/mol. The molecule has 0 aliphatic carbocycles. The molecule has 0 unspecified atom stereocenters. The molecule has 1 amide bonds. The summed E-state index contributed by atoms with van der Waals surface area (Å²) in [6.45, 7) is 3.83. The molecule has 140 valence electrons. The Morgan fingerprint density at radius 2 is 1.81 bits per heavy atom. The van der Waals surface area contributed by atoms with E-state index in [1.54, 1.807) is 12.1 Å². The summed E-state index contributed by atoms with van der Waals surface area (Å²) in [6.07, 6.45) is 0. The van der Waals surface area contributed by atoms with E-state index < -0.39 is 15.7 Å². The molecule has 2 N–H and O–H groups in total. The number of aromatic nitrogens is 2. The molecule has 0 aliphatic heterocycles. The average molecular weight is 403 g/mol. The van der Waals surface area contributed by atoms with E-state index >= 15 is 0 Å². The highest BCUT2D eigenvalue weighted by Gasteiger charge is 2.22. The van der Waals surface area contributed by atoms with E-state index in [0.29, 0.717) is 16.9 Å². The van der Waals surface area contributed by atoms with Crippen LogP contribution in [-0.2, 0) is 15.6 Å². The van der Waals surface area contributed by atoms with Gasteiger partial charge >= 0.3 is 5.19 Å². The molecular formula is C18H17N3O4S2. The van der Waals surface area contributed by atoms with Crippen molar-refractivity contribution < 1.29 is 17.9 Å². The number of ether oxygens (including phenoxy) is 1. The summed E-state index contributed by atoms with van der Waals surface area (Å²) in [5.41, 5.74) is 7.95. The Bertz CT molecular complexity index is 1090. The Hall–Kier alpha value is -2.78. The highest BCUT2D eigenvalue weighted by atomic mass is 32.2. The van der Waals surface area contributed by atoms with Gasteiger partial charge in [-0.3, -0.25) is 4.79 Å². The van der Waals surface area contributed by atoms with E-state index in [1.165, 1.54) is 12.1 Å². The number of carbonyl (C=O) groups is 1. The molecule has 0 atom stereocenters. The maximum absolute atomic E-state index is 12.6. The van der Waals surface area contributed by atoms with Crippen molar-refractivity contribution in [3.05, 3.63) is 64.7 Å². The van der Waals surface area contributed by atoms with Crippen LogP contribution >= 0.6 is 11.3 Å². The molecule has 7 nitrogen and oxygen atoms in total. The maximum Gasteiger partial charge on any atom is 0.300 e. The third kappa shape index (κ3) is 4.50. The van der Waals surface area contributed by atoms with E-state index in [-0.39, 0.29) is 15.3 Å². The molecule has 0 fully saturated rings. The third-order valence-electron chi connectivity index (χ3n) is 3.79. The van der Waals surface area contributed by atoms with Crippen molar-refractivity contribution in [2.75, 3.05) is 0 Å². The Kier molecular flexibility index (Phi) is 5.24. The summed E-state index contributed by atoms with van der Waals surface area (Å²) in [5.74, 6) is -0.219. The van der Waals surface area contributed by atoms with Crippen LogP contribution in [0.4, 0.5) is 0 Å². The lowest BCUT2D eigenvalue weighted by Gasteiger charge is -2.05. The van der Waals surface area contributed by atoms with Crippen molar-refractivity contribution >= 4 is 27.1 Å². The number of amides is 1. The summed E-state index contributed by atoms with van der Waals surface area (Å²) in [5, 5.41) is 7.75. The first-order valence-electron chi connectivity index (χ1n) is 7.95. The summed E-state index contributed by atoms with van der Waals surface area (Å²) in [4.78, 5) is 11.1. The standard InChI is InChI=1S/C18H17N3O4S2/c1-11-3-4-12(2)15(9-11)25-17-20-21-18(26-17)27(23,24)10-13-5-7-14(8-6-13)16(19)22/h3-9H,10H2,1-2H3,(H2,19,22). The number of rotatable bonds is 6. The molecule has 1 aromatic heterocycles. The van der Waals surface area contributed by atoms with Gasteiger partial charge in [-0.25, -0.2) is 8.42 Å². The van der Waals surface area contributed by atoms with E-state index in [2.05, 4.69) is 10.2 Å². The fourth-order valence-corrected chi connectivity index (χ4v) is 4.58. The summed E-state index contributed by atoms with van der Waals surface area (Å²) < 4.78 is 30.7. The van der Waals surface area contributed by atoms with Crippen molar-refractivity contribution in [2.24, 2.45) is 5.73 Å². The van der Waals surface area contributed by atoms with Crippen molar-refractivity contribution in [3.8, 4) is 10.9 Å². The maximum atomic E-state index is 12.6. The van der Waals surface area contributed by atoms with Crippen molar-refractivity contribution in [2.45, 2.75) is 23.9 Å². The Labute approximate surface area is 160 Å². The molecule has 3 aromatic rings. The third-order valence-corrected chi connectivity index (χ3v) is 6.72. The second-order valence-electron chi connectivity index (χ2n) is 6.03. The van der Waals surface area contributed by atoms with Crippen molar-refractivity contribution in [3.63, 3.8) is 0 Å². The Morgan fingerprint density at radius 1 is 1.11 bits per heavy atom. The van der Waals surface area contributed by atoms with Gasteiger partial charge in [0.25, 0.3) is 0 Å². The summed E-state index contributed by atoms with van der Waals surface area (Å²) in [6, 6.07) is 11.8. The number of benzene rings is 2. The lowest BCUT2D eigenvalue weighted by molar-refractivity contribution is 0.100. The van der Waals surface area contributed by atoms with Crippen LogP contribution in [0.2, 0.25) is 0 Å². The van der Waals surface area contributed by atoms with Crippen LogP contribution in [0.25, 0.3) is 0 Å². The number of aryl methyl sites for hydroxylation is 2. The quantitative estimate of drug-likeness (QED) is 0.677. The van der Waals surface area contributed by atoms with Gasteiger partial charge in [-0.2, -0.15) is 0 Å². The van der Waals surface area contributed by atoms with Crippen LogP contribution in [0, 0.1) is 13.8 Å². The number of hydrogen-bond acceptors (Lipinski definition) is 7. The Morgan fingerprint density at radius 3 is 2.48 bits per heavy atom. The first kappa shape index (κ1) is 19.0. The van der Waals surface area contributed by atoms with Gasteiger partial charge in [0.15, 0.2) is 0 Å². The topological polar surface area (TPSA) is 112 Å². The van der Waals surface area contributed by atoms with Crippen LogP contribution in [0.5, 0.6) is 10.9 Å². The highest BCUT2D eigenvalue weighted by Crippen LogP contribution is 2.31. The first-order chi connectivity index (χ1) is 12.7. The monoisotopic (exact) mass is 403 g/mol. The zero-order valence-electron chi connectivity index (χ0n) is 14.7. The number of primary amides is 1. The van der Waals surface area contributed by atoms with E-state index in [9.17, 15) is 13.2 Å². The zero-order chi connectivity index (χ0) is 19.6. The van der Waals surface area contributed by atoms with Crippen LogP contribution in [0.15, 0.2) is 46.8 Å². The van der Waals surface area contributed by atoms with Crippen molar-refractivity contribution in [1.82, 2.24) is 10.2 Å². The summed E-state index contributed by atoms with van der Waals surface area (Å²) in [7, 11) is -3.69. The number of nitrogens with zero attached hydrogens (tertiary/aromatic N) is 2. The summed E-state index contributed by atoms with van der Waals surface area (Å²) >= 11 is 0.870. The lowest BCUT2D eigenvalue weighted by atomic mass is 10.1. The minimum atomic E-state index is -3.69.